The molecule has 1 aliphatic rings. The molecule has 0 spiro atoms. The minimum Gasteiger partial charge on any atom is -1.00 e. The van der Waals surface area contributed by atoms with Gasteiger partial charge < -0.3 is 37.2 Å². The van der Waals surface area contributed by atoms with Crippen molar-refractivity contribution in [3.05, 3.63) is 92.9 Å². The van der Waals surface area contributed by atoms with E-state index in [1.165, 1.54) is 20.6 Å². The summed E-state index contributed by atoms with van der Waals surface area (Å²) in [6.45, 7) is 2.27. The molecule has 0 radical (unpaired) electrons. The number of rotatable bonds is 4. The molecule has 124 valence electrons. The molecule has 3 rings (SSSR count). The molecule has 0 heterocycles. The van der Waals surface area contributed by atoms with Crippen molar-refractivity contribution < 1.29 is 57.7 Å². The zero-order chi connectivity index (χ0) is 14.7. The molecule has 0 aliphatic heterocycles. The van der Waals surface area contributed by atoms with E-state index in [9.17, 15) is 0 Å². The molecular formula is C20H19Cl3Ti. The molecule has 0 aromatic heterocycles. The second kappa shape index (κ2) is 11.2. The Kier molecular flexibility index (Phi) is 11.0. The standard InChI is InChI=1S/C20H19.3ClH.Ti/c1-2-16-14-9-15-19(16)20(17-10-5-3-6-11-17)18-12-7-4-8-13-18;;;;/h3-8,10-13,15,20H,2,9H2,1H3;3*1H;/q;;;;+3/p-3. The first kappa shape index (κ1) is 23.5. The molecule has 4 heteroatoms. The summed E-state index contributed by atoms with van der Waals surface area (Å²) in [4.78, 5) is 0. The molecule has 0 atom stereocenters. The molecular weight excluding hydrogens is 394 g/mol. The Hall–Kier alpha value is -0.496. The van der Waals surface area contributed by atoms with Crippen LogP contribution in [0.25, 0.3) is 0 Å². The Labute approximate surface area is 175 Å². The van der Waals surface area contributed by atoms with Gasteiger partial charge in [0, 0.05) is 0 Å². The average Bonchev–Trinajstić information content (AvgIpc) is 2.90. The van der Waals surface area contributed by atoms with Crippen LogP contribution < -0.4 is 37.2 Å². The van der Waals surface area contributed by atoms with Crippen LogP contribution in [0.2, 0.25) is 0 Å². The summed E-state index contributed by atoms with van der Waals surface area (Å²) in [7, 11) is 0. The van der Waals surface area contributed by atoms with Crippen molar-refractivity contribution in [2.45, 2.75) is 25.7 Å². The molecule has 0 N–H and O–H groups in total. The van der Waals surface area contributed by atoms with E-state index in [-0.39, 0.29) is 37.2 Å². The van der Waals surface area contributed by atoms with Crippen molar-refractivity contribution in [3.8, 4) is 0 Å². The van der Waals surface area contributed by atoms with Crippen LogP contribution in [0.3, 0.4) is 0 Å². The van der Waals surface area contributed by atoms with E-state index in [2.05, 4.69) is 94.1 Å². The molecule has 0 bridgehead atoms. The quantitative estimate of drug-likeness (QED) is 0.454. The Balaban J connectivity index is 0.00000176. The molecule has 0 nitrogen and oxygen atoms in total. The van der Waals surface area contributed by atoms with Crippen LogP contribution in [-0.4, -0.2) is 0 Å². The van der Waals surface area contributed by atoms with Gasteiger partial charge in [-0.3, -0.25) is 0 Å². The van der Waals surface area contributed by atoms with Crippen LogP contribution in [0.4, 0.5) is 0 Å². The number of hydrogen-bond donors (Lipinski definition) is 0. The molecule has 0 saturated carbocycles. The minimum absolute atomic E-state index is 0. The number of hydrogen-bond acceptors (Lipinski definition) is 0. The van der Waals surface area contributed by atoms with Crippen LogP contribution in [0.5, 0.6) is 0 Å². The van der Waals surface area contributed by atoms with E-state index in [4.69, 9.17) is 0 Å². The van der Waals surface area contributed by atoms with Gasteiger partial charge >= 0.3 is 139 Å². The zero-order valence-electron chi connectivity index (χ0n) is 13.5. The third-order valence-electron chi connectivity index (χ3n) is 4.17. The van der Waals surface area contributed by atoms with Crippen LogP contribution >= 0.6 is 0 Å². The fraction of sp³-hybridized carbons (Fsp3) is 0.200. The largest absolute Gasteiger partial charge is 1.00 e. The van der Waals surface area contributed by atoms with E-state index in [1.54, 1.807) is 5.57 Å². The Morgan fingerprint density at radius 2 is 1.29 bits per heavy atom. The number of allylic oxidation sites excluding steroid dienone is 4. The summed E-state index contributed by atoms with van der Waals surface area (Å²) in [6.07, 6.45) is 4.65. The fourth-order valence-electron chi connectivity index (χ4n) is 3.18. The molecule has 2 aromatic rings. The van der Waals surface area contributed by atoms with Crippen molar-refractivity contribution in [3.63, 3.8) is 0 Å². The maximum Gasteiger partial charge on any atom is -1.00 e. The van der Waals surface area contributed by atoms with Crippen LogP contribution in [0, 0.1) is 0 Å². The third-order valence-corrected chi connectivity index (χ3v) is 4.96. The zero-order valence-corrected chi connectivity index (χ0v) is 17.3. The molecule has 0 amide bonds. The van der Waals surface area contributed by atoms with Crippen molar-refractivity contribution in [1.29, 1.82) is 0 Å². The van der Waals surface area contributed by atoms with Gasteiger partial charge in [-0.1, -0.05) is 0 Å². The predicted molar refractivity (Wildman–Crippen MR) is 84.7 cm³/mol. The second-order valence-electron chi connectivity index (χ2n) is 5.43. The van der Waals surface area contributed by atoms with Crippen LogP contribution in [-0.2, 0) is 20.4 Å². The Morgan fingerprint density at radius 1 is 0.833 bits per heavy atom. The van der Waals surface area contributed by atoms with Gasteiger partial charge in [0.2, 0.25) is 0 Å². The van der Waals surface area contributed by atoms with Gasteiger partial charge in [0.05, 0.1) is 0 Å². The van der Waals surface area contributed by atoms with Crippen molar-refractivity contribution in [2.24, 2.45) is 0 Å². The maximum absolute atomic E-state index is 2.43. The predicted octanol–water partition coefficient (Wildman–Crippen LogP) is -3.63. The molecule has 1 aliphatic carbocycles. The van der Waals surface area contributed by atoms with E-state index in [0.717, 1.165) is 12.8 Å². The summed E-state index contributed by atoms with van der Waals surface area (Å²) >= 11 is 2.27. The van der Waals surface area contributed by atoms with Crippen LogP contribution in [0.15, 0.2) is 81.8 Å². The second-order valence-corrected chi connectivity index (χ2v) is 6.37. The topological polar surface area (TPSA) is 0 Å². The molecule has 2 aromatic carbocycles. The summed E-state index contributed by atoms with van der Waals surface area (Å²) in [5, 5.41) is 0. The normalized spacial score (nSPS) is 12.9. The Bertz CT molecular complexity index is 639. The van der Waals surface area contributed by atoms with Gasteiger partial charge in [-0.05, 0) is 0 Å². The van der Waals surface area contributed by atoms with Gasteiger partial charge in [0.15, 0.2) is 0 Å². The monoisotopic (exact) mass is 412 g/mol. The number of benzene rings is 2. The summed E-state index contributed by atoms with van der Waals surface area (Å²) in [6, 6.07) is 21.8. The van der Waals surface area contributed by atoms with Crippen molar-refractivity contribution >= 4 is 0 Å². The first-order chi connectivity index (χ1) is 10.3. The van der Waals surface area contributed by atoms with E-state index in [0.29, 0.717) is 5.92 Å². The van der Waals surface area contributed by atoms with Crippen molar-refractivity contribution in [2.75, 3.05) is 0 Å². The molecule has 24 heavy (non-hydrogen) atoms. The van der Waals surface area contributed by atoms with Gasteiger partial charge in [-0.2, -0.15) is 0 Å². The van der Waals surface area contributed by atoms with Crippen LogP contribution in [0.1, 0.15) is 36.8 Å². The molecule has 0 fully saturated rings. The van der Waals surface area contributed by atoms with E-state index >= 15 is 0 Å². The number of halogens is 3. The fourth-order valence-corrected chi connectivity index (χ4v) is 3.85. The first-order valence-corrected chi connectivity index (χ1v) is 8.33. The van der Waals surface area contributed by atoms with Gasteiger partial charge in [0.1, 0.15) is 0 Å². The first-order valence-electron chi connectivity index (χ1n) is 7.55. The van der Waals surface area contributed by atoms with Gasteiger partial charge in [-0.25, -0.2) is 0 Å². The van der Waals surface area contributed by atoms with Gasteiger partial charge in [-0.15, -0.1) is 0 Å². The molecule has 0 unspecified atom stereocenters. The van der Waals surface area contributed by atoms with E-state index in [1.807, 2.05) is 0 Å². The maximum atomic E-state index is 2.43. The van der Waals surface area contributed by atoms with Crippen molar-refractivity contribution in [1.82, 2.24) is 0 Å². The summed E-state index contributed by atoms with van der Waals surface area (Å²) < 4.78 is 1.53. The van der Waals surface area contributed by atoms with E-state index < -0.39 is 0 Å². The molecule has 0 saturated heterocycles. The smallest absolute Gasteiger partial charge is 1.00 e. The minimum atomic E-state index is 0. The Morgan fingerprint density at radius 3 is 1.71 bits per heavy atom. The summed E-state index contributed by atoms with van der Waals surface area (Å²) in [5.41, 5.74) is 5.83. The van der Waals surface area contributed by atoms with Gasteiger partial charge in [0.25, 0.3) is 0 Å². The SMILES string of the molecule is CCC1=[C]([Ti+3])CC=C1C(c1ccccc1)c1ccccc1.[Cl-].[Cl-].[Cl-]. The summed E-state index contributed by atoms with van der Waals surface area (Å²) in [5.74, 6) is 0.361. The average molecular weight is 414 g/mol. The third kappa shape index (κ3) is 5.00.